The van der Waals surface area contributed by atoms with Gasteiger partial charge in [-0.15, -0.1) is 0 Å². The fourth-order valence-electron chi connectivity index (χ4n) is 1.56. The van der Waals surface area contributed by atoms with E-state index in [0.717, 1.165) is 18.7 Å². The summed E-state index contributed by atoms with van der Waals surface area (Å²) in [7, 11) is 0. The molecule has 78 valence electrons. The number of aromatic nitrogens is 2. The maximum atomic E-state index is 4.21. The predicted octanol–water partition coefficient (Wildman–Crippen LogP) is 2.96. The molecule has 15 heavy (non-hydrogen) atoms. The number of rotatable bonds is 4. The number of halogens is 1. The lowest BCUT2D eigenvalue weighted by Gasteiger charge is -2.07. The zero-order valence-electron chi connectivity index (χ0n) is 8.36. The summed E-state index contributed by atoms with van der Waals surface area (Å²) in [5.41, 5.74) is 1.35. The van der Waals surface area contributed by atoms with Crippen LogP contribution < -0.4 is 0 Å². The van der Waals surface area contributed by atoms with Crippen molar-refractivity contribution >= 4 is 15.9 Å². The number of H-pyrrole nitrogens is 1. The number of nitrogens with one attached hydrogen (secondary N) is 1. The van der Waals surface area contributed by atoms with Crippen molar-refractivity contribution in [3.8, 4) is 0 Å². The molecule has 1 N–H and O–H groups in total. The first-order chi connectivity index (χ1) is 7.34. The normalized spacial score (nSPS) is 12.6. The number of imidazole rings is 1. The van der Waals surface area contributed by atoms with Crippen LogP contribution in [0.15, 0.2) is 42.7 Å². The van der Waals surface area contributed by atoms with E-state index in [-0.39, 0.29) is 0 Å². The van der Waals surface area contributed by atoms with E-state index < -0.39 is 0 Å². The molecule has 0 bridgehead atoms. The zero-order valence-corrected chi connectivity index (χ0v) is 9.94. The number of aromatic amines is 1. The first-order valence-corrected chi connectivity index (χ1v) is 5.92. The van der Waals surface area contributed by atoms with Gasteiger partial charge in [-0.3, -0.25) is 0 Å². The van der Waals surface area contributed by atoms with E-state index in [1.54, 1.807) is 6.20 Å². The summed E-state index contributed by atoms with van der Waals surface area (Å²) in [4.78, 5) is 7.76. The van der Waals surface area contributed by atoms with Gasteiger partial charge in [-0.2, -0.15) is 0 Å². The van der Waals surface area contributed by atoms with Crippen LogP contribution in [0, 0.1) is 0 Å². The third-order valence-corrected chi connectivity index (χ3v) is 2.92. The highest BCUT2D eigenvalue weighted by Crippen LogP contribution is 2.13. The third kappa shape index (κ3) is 3.20. The Balaban J connectivity index is 1.90. The molecule has 0 aliphatic carbocycles. The van der Waals surface area contributed by atoms with Crippen LogP contribution in [0.5, 0.6) is 0 Å². The molecular weight excluding hydrogens is 252 g/mol. The number of benzene rings is 1. The largest absolute Gasteiger partial charge is 0.349 e. The van der Waals surface area contributed by atoms with Crippen LogP contribution in [0.4, 0.5) is 0 Å². The van der Waals surface area contributed by atoms with E-state index in [4.69, 9.17) is 0 Å². The van der Waals surface area contributed by atoms with E-state index in [2.05, 4.69) is 50.2 Å². The van der Waals surface area contributed by atoms with Gasteiger partial charge in [0.05, 0.1) is 0 Å². The topological polar surface area (TPSA) is 28.7 Å². The predicted molar refractivity (Wildman–Crippen MR) is 65.2 cm³/mol. The highest BCUT2D eigenvalue weighted by Gasteiger charge is 2.07. The van der Waals surface area contributed by atoms with Crippen molar-refractivity contribution in [2.24, 2.45) is 0 Å². The zero-order chi connectivity index (χ0) is 10.5. The van der Waals surface area contributed by atoms with Crippen molar-refractivity contribution in [3.05, 3.63) is 54.1 Å². The maximum absolute atomic E-state index is 4.21. The van der Waals surface area contributed by atoms with Gasteiger partial charge in [0.1, 0.15) is 5.82 Å². The fourth-order valence-corrected chi connectivity index (χ4v) is 2.24. The van der Waals surface area contributed by atoms with Crippen molar-refractivity contribution in [1.29, 1.82) is 0 Å². The highest BCUT2D eigenvalue weighted by molar-refractivity contribution is 9.09. The van der Waals surface area contributed by atoms with Crippen LogP contribution in [0.1, 0.15) is 11.4 Å². The van der Waals surface area contributed by atoms with Crippen molar-refractivity contribution in [3.63, 3.8) is 0 Å². The molecule has 2 aromatic rings. The molecule has 0 fully saturated rings. The smallest absolute Gasteiger partial charge is 0.107 e. The van der Waals surface area contributed by atoms with Crippen molar-refractivity contribution in [2.75, 3.05) is 0 Å². The monoisotopic (exact) mass is 264 g/mol. The second kappa shape index (κ2) is 5.12. The van der Waals surface area contributed by atoms with Crippen LogP contribution in [0.2, 0.25) is 0 Å². The molecule has 1 atom stereocenters. The van der Waals surface area contributed by atoms with Gasteiger partial charge in [-0.25, -0.2) is 4.98 Å². The van der Waals surface area contributed by atoms with Crippen LogP contribution in [0.3, 0.4) is 0 Å². The van der Waals surface area contributed by atoms with Gasteiger partial charge in [0, 0.05) is 23.6 Å². The fraction of sp³-hybridized carbons (Fsp3) is 0.250. The lowest BCUT2D eigenvalue weighted by molar-refractivity contribution is 0.814. The van der Waals surface area contributed by atoms with Crippen LogP contribution >= 0.6 is 15.9 Å². The second-order valence-corrected chi connectivity index (χ2v) is 4.82. The molecule has 0 spiro atoms. The van der Waals surface area contributed by atoms with Crippen LogP contribution in [-0.4, -0.2) is 14.8 Å². The Kier molecular flexibility index (Phi) is 3.56. The van der Waals surface area contributed by atoms with Crippen molar-refractivity contribution in [2.45, 2.75) is 17.7 Å². The summed E-state index contributed by atoms with van der Waals surface area (Å²) < 4.78 is 0. The highest BCUT2D eigenvalue weighted by atomic mass is 79.9. The molecule has 1 unspecified atom stereocenters. The van der Waals surface area contributed by atoms with Crippen LogP contribution in [-0.2, 0) is 12.8 Å². The molecule has 2 nitrogen and oxygen atoms in total. The lowest BCUT2D eigenvalue weighted by atomic mass is 10.1. The molecule has 1 aromatic heterocycles. The Bertz CT molecular complexity index is 383. The molecule has 0 saturated carbocycles. The van der Waals surface area contributed by atoms with E-state index >= 15 is 0 Å². The Morgan fingerprint density at radius 2 is 2.00 bits per heavy atom. The average molecular weight is 265 g/mol. The molecule has 0 aliphatic heterocycles. The Morgan fingerprint density at radius 1 is 1.20 bits per heavy atom. The van der Waals surface area contributed by atoms with E-state index in [1.807, 2.05) is 12.3 Å². The average Bonchev–Trinajstić information content (AvgIpc) is 2.71. The quantitative estimate of drug-likeness (QED) is 0.846. The number of hydrogen-bond donors (Lipinski definition) is 1. The summed E-state index contributed by atoms with van der Waals surface area (Å²) >= 11 is 3.68. The maximum Gasteiger partial charge on any atom is 0.107 e. The molecule has 1 heterocycles. The molecule has 0 saturated heterocycles. The molecule has 0 radical (unpaired) electrons. The minimum absolute atomic E-state index is 0.436. The Morgan fingerprint density at radius 3 is 2.67 bits per heavy atom. The molecule has 2 rings (SSSR count). The van der Waals surface area contributed by atoms with E-state index in [9.17, 15) is 0 Å². The van der Waals surface area contributed by atoms with Gasteiger partial charge >= 0.3 is 0 Å². The molecule has 1 aromatic carbocycles. The molecule has 0 amide bonds. The van der Waals surface area contributed by atoms with Crippen LogP contribution in [0.25, 0.3) is 0 Å². The summed E-state index contributed by atoms with van der Waals surface area (Å²) in [5, 5.41) is 0. The number of nitrogens with zero attached hydrogens (tertiary/aromatic N) is 1. The van der Waals surface area contributed by atoms with Gasteiger partial charge in [0.25, 0.3) is 0 Å². The Hall–Kier alpha value is -1.09. The third-order valence-electron chi connectivity index (χ3n) is 2.27. The van der Waals surface area contributed by atoms with Gasteiger partial charge in [-0.05, 0) is 12.0 Å². The minimum atomic E-state index is 0.436. The van der Waals surface area contributed by atoms with Crippen molar-refractivity contribution < 1.29 is 0 Å². The molecule has 3 heteroatoms. The van der Waals surface area contributed by atoms with Crippen molar-refractivity contribution in [1.82, 2.24) is 9.97 Å². The number of alkyl halides is 1. The van der Waals surface area contributed by atoms with Gasteiger partial charge in [0.15, 0.2) is 0 Å². The van der Waals surface area contributed by atoms with Gasteiger partial charge in [-0.1, -0.05) is 46.3 Å². The minimum Gasteiger partial charge on any atom is -0.349 e. The van der Waals surface area contributed by atoms with E-state index in [1.165, 1.54) is 5.56 Å². The van der Waals surface area contributed by atoms with E-state index in [0.29, 0.717) is 4.83 Å². The summed E-state index contributed by atoms with van der Waals surface area (Å²) in [6, 6.07) is 10.5. The lowest BCUT2D eigenvalue weighted by Crippen LogP contribution is -2.07. The summed E-state index contributed by atoms with van der Waals surface area (Å²) in [5.74, 6) is 1.04. The summed E-state index contributed by atoms with van der Waals surface area (Å²) in [6.45, 7) is 0. The first kappa shape index (κ1) is 10.4. The van der Waals surface area contributed by atoms with Gasteiger partial charge in [0.2, 0.25) is 0 Å². The Labute approximate surface area is 97.9 Å². The van der Waals surface area contributed by atoms with Gasteiger partial charge < -0.3 is 4.98 Å². The SMILES string of the molecule is BrC(Cc1ccccc1)Cc1ncc[nH]1. The molecule has 0 aliphatic rings. The second-order valence-electron chi connectivity index (χ2n) is 3.53. The number of hydrogen-bond acceptors (Lipinski definition) is 1. The standard InChI is InChI=1S/C12H13BrN2/c13-11(9-12-14-6-7-15-12)8-10-4-2-1-3-5-10/h1-7,11H,8-9H2,(H,14,15). The molecular formula is C12H13BrN2. The summed E-state index contributed by atoms with van der Waals surface area (Å²) in [6.07, 6.45) is 5.61. The first-order valence-electron chi connectivity index (χ1n) is 5.01.